The van der Waals surface area contributed by atoms with Gasteiger partial charge in [0.25, 0.3) is 0 Å². The molecule has 1 atom stereocenters. The number of rotatable bonds is 4. The Labute approximate surface area is 97.1 Å². The van der Waals surface area contributed by atoms with Crippen molar-refractivity contribution in [3.05, 3.63) is 0 Å². The molecule has 0 spiro atoms. The van der Waals surface area contributed by atoms with E-state index in [0.717, 1.165) is 6.54 Å². The molecule has 94 valence electrons. The fourth-order valence-corrected chi connectivity index (χ4v) is 2.89. The van der Waals surface area contributed by atoms with Gasteiger partial charge in [0, 0.05) is 25.6 Å². The van der Waals surface area contributed by atoms with E-state index in [-0.39, 0.29) is 23.3 Å². The van der Waals surface area contributed by atoms with Crippen LogP contribution in [0.25, 0.3) is 0 Å². The average Bonchev–Trinajstić information content (AvgIpc) is 2.25. The molecule has 0 aromatic heterocycles. The van der Waals surface area contributed by atoms with Crippen LogP contribution in [0.3, 0.4) is 0 Å². The van der Waals surface area contributed by atoms with E-state index in [0.29, 0.717) is 19.6 Å². The first-order chi connectivity index (χ1) is 7.46. The van der Waals surface area contributed by atoms with Crippen LogP contribution in [0, 0.1) is 5.92 Å². The van der Waals surface area contributed by atoms with Crippen LogP contribution in [0.4, 0.5) is 0 Å². The van der Waals surface area contributed by atoms with E-state index in [1.54, 1.807) is 4.90 Å². The Morgan fingerprint density at radius 3 is 2.44 bits per heavy atom. The van der Waals surface area contributed by atoms with Gasteiger partial charge in [0.05, 0.1) is 11.5 Å². The van der Waals surface area contributed by atoms with Gasteiger partial charge >= 0.3 is 0 Å². The minimum Gasteiger partial charge on any atom is -0.340 e. The lowest BCUT2D eigenvalue weighted by Gasteiger charge is -2.29. The first-order valence-electron chi connectivity index (χ1n) is 5.66. The summed E-state index contributed by atoms with van der Waals surface area (Å²) in [5.41, 5.74) is 0. The van der Waals surface area contributed by atoms with Crippen LogP contribution in [-0.4, -0.2) is 56.9 Å². The first-order valence-corrected chi connectivity index (χ1v) is 7.48. The molecule has 1 aliphatic heterocycles. The number of nitrogens with one attached hydrogen (secondary N) is 1. The summed E-state index contributed by atoms with van der Waals surface area (Å²) in [7, 11) is -2.90. The molecule has 0 radical (unpaired) electrons. The van der Waals surface area contributed by atoms with Gasteiger partial charge < -0.3 is 10.2 Å². The summed E-state index contributed by atoms with van der Waals surface area (Å²) in [6.45, 7) is 6.04. The van der Waals surface area contributed by atoms with Crippen molar-refractivity contribution in [2.75, 3.05) is 37.7 Å². The molecule has 1 heterocycles. The van der Waals surface area contributed by atoms with Gasteiger partial charge in [-0.25, -0.2) is 8.42 Å². The standard InChI is InChI=1S/C10H20N2O3S/c1-3-11-8-9(2)10(13)12-4-6-16(14,15)7-5-12/h9,11H,3-8H2,1-2H3. The van der Waals surface area contributed by atoms with E-state index in [1.165, 1.54) is 0 Å². The van der Waals surface area contributed by atoms with Crippen molar-refractivity contribution >= 4 is 15.7 Å². The second-order valence-electron chi connectivity index (χ2n) is 4.19. The maximum Gasteiger partial charge on any atom is 0.226 e. The second kappa shape index (κ2) is 5.63. The van der Waals surface area contributed by atoms with Crippen LogP contribution < -0.4 is 5.32 Å². The summed E-state index contributed by atoms with van der Waals surface area (Å²) in [6.07, 6.45) is 0. The zero-order valence-electron chi connectivity index (χ0n) is 9.90. The first kappa shape index (κ1) is 13.4. The SMILES string of the molecule is CCNCC(C)C(=O)N1CCS(=O)(=O)CC1. The predicted octanol–water partition coefficient (Wildman–Crippen LogP) is -0.511. The molecule has 1 saturated heterocycles. The third-order valence-electron chi connectivity index (χ3n) is 2.78. The van der Waals surface area contributed by atoms with Gasteiger partial charge in [-0.3, -0.25) is 4.79 Å². The highest BCUT2D eigenvalue weighted by Crippen LogP contribution is 2.08. The number of hydrogen-bond donors (Lipinski definition) is 1. The maximum atomic E-state index is 11.9. The monoisotopic (exact) mass is 248 g/mol. The van der Waals surface area contributed by atoms with Crippen molar-refractivity contribution in [1.82, 2.24) is 10.2 Å². The third kappa shape index (κ3) is 3.75. The number of carbonyl (C=O) groups excluding carboxylic acids is 1. The number of amides is 1. The van der Waals surface area contributed by atoms with Crippen molar-refractivity contribution in [2.24, 2.45) is 5.92 Å². The molecule has 0 aromatic carbocycles. The van der Waals surface area contributed by atoms with Crippen LogP contribution in [0.5, 0.6) is 0 Å². The molecule has 1 N–H and O–H groups in total. The zero-order valence-corrected chi connectivity index (χ0v) is 10.7. The lowest BCUT2D eigenvalue weighted by atomic mass is 10.1. The Balaban J connectivity index is 2.44. The van der Waals surface area contributed by atoms with Crippen LogP contribution in [0.2, 0.25) is 0 Å². The summed E-state index contributed by atoms with van der Waals surface area (Å²) >= 11 is 0. The summed E-state index contributed by atoms with van der Waals surface area (Å²) < 4.78 is 22.4. The number of sulfone groups is 1. The lowest BCUT2D eigenvalue weighted by Crippen LogP contribution is -2.47. The fourth-order valence-electron chi connectivity index (χ4n) is 1.69. The van der Waals surface area contributed by atoms with Crippen molar-refractivity contribution in [2.45, 2.75) is 13.8 Å². The zero-order chi connectivity index (χ0) is 12.2. The highest BCUT2D eigenvalue weighted by molar-refractivity contribution is 7.91. The molecule has 1 unspecified atom stereocenters. The summed E-state index contributed by atoms with van der Waals surface area (Å²) in [5.74, 6) is 0.177. The van der Waals surface area contributed by atoms with E-state index in [4.69, 9.17) is 0 Å². The average molecular weight is 248 g/mol. The normalized spacial score (nSPS) is 21.8. The van der Waals surface area contributed by atoms with E-state index < -0.39 is 9.84 Å². The number of hydrogen-bond acceptors (Lipinski definition) is 4. The summed E-state index contributed by atoms with van der Waals surface area (Å²) in [4.78, 5) is 13.6. The minimum atomic E-state index is -2.90. The molecule has 1 fully saturated rings. The van der Waals surface area contributed by atoms with Crippen molar-refractivity contribution in [3.8, 4) is 0 Å². The molecular formula is C10H20N2O3S. The van der Waals surface area contributed by atoms with Gasteiger partial charge in [-0.2, -0.15) is 0 Å². The Morgan fingerprint density at radius 1 is 1.38 bits per heavy atom. The Kier molecular flexibility index (Phi) is 4.73. The minimum absolute atomic E-state index is 0.0517. The van der Waals surface area contributed by atoms with Crippen LogP contribution in [-0.2, 0) is 14.6 Å². The van der Waals surface area contributed by atoms with Crippen molar-refractivity contribution in [3.63, 3.8) is 0 Å². The molecular weight excluding hydrogens is 228 g/mol. The molecule has 6 heteroatoms. The maximum absolute atomic E-state index is 11.9. The van der Waals surface area contributed by atoms with Crippen LogP contribution in [0.15, 0.2) is 0 Å². The highest BCUT2D eigenvalue weighted by Gasteiger charge is 2.27. The van der Waals surface area contributed by atoms with Crippen molar-refractivity contribution < 1.29 is 13.2 Å². The molecule has 0 saturated carbocycles. The van der Waals surface area contributed by atoms with Gasteiger partial charge in [-0.1, -0.05) is 13.8 Å². The number of nitrogens with zero attached hydrogens (tertiary/aromatic N) is 1. The second-order valence-corrected chi connectivity index (χ2v) is 6.49. The molecule has 16 heavy (non-hydrogen) atoms. The van der Waals surface area contributed by atoms with Gasteiger partial charge in [0.15, 0.2) is 9.84 Å². The predicted molar refractivity (Wildman–Crippen MR) is 62.9 cm³/mol. The highest BCUT2D eigenvalue weighted by atomic mass is 32.2. The topological polar surface area (TPSA) is 66.5 Å². The van der Waals surface area contributed by atoms with Crippen molar-refractivity contribution in [1.29, 1.82) is 0 Å². The number of carbonyl (C=O) groups is 1. The van der Waals surface area contributed by atoms with Gasteiger partial charge in [-0.05, 0) is 6.54 Å². The van der Waals surface area contributed by atoms with Gasteiger partial charge in [0.1, 0.15) is 0 Å². The van der Waals surface area contributed by atoms with E-state index in [1.807, 2.05) is 13.8 Å². The Hall–Kier alpha value is -0.620. The fraction of sp³-hybridized carbons (Fsp3) is 0.900. The van der Waals surface area contributed by atoms with E-state index in [2.05, 4.69) is 5.32 Å². The smallest absolute Gasteiger partial charge is 0.226 e. The molecule has 1 amide bonds. The molecule has 0 bridgehead atoms. The molecule has 5 nitrogen and oxygen atoms in total. The third-order valence-corrected chi connectivity index (χ3v) is 4.39. The molecule has 1 rings (SSSR count). The molecule has 0 aliphatic carbocycles. The molecule has 0 aromatic rings. The van der Waals surface area contributed by atoms with Gasteiger partial charge in [0.2, 0.25) is 5.91 Å². The van der Waals surface area contributed by atoms with E-state index in [9.17, 15) is 13.2 Å². The molecule has 1 aliphatic rings. The van der Waals surface area contributed by atoms with Crippen LogP contribution in [0.1, 0.15) is 13.8 Å². The lowest BCUT2D eigenvalue weighted by molar-refractivity contribution is -0.134. The van der Waals surface area contributed by atoms with Crippen LogP contribution >= 0.6 is 0 Å². The van der Waals surface area contributed by atoms with Gasteiger partial charge in [-0.15, -0.1) is 0 Å². The van der Waals surface area contributed by atoms with E-state index >= 15 is 0 Å². The summed E-state index contributed by atoms with van der Waals surface area (Å²) in [5, 5.41) is 3.12. The Bertz CT molecular complexity index is 326. The largest absolute Gasteiger partial charge is 0.340 e. The quantitative estimate of drug-likeness (QED) is 0.727. The Morgan fingerprint density at radius 2 is 1.94 bits per heavy atom. The summed E-state index contributed by atoms with van der Waals surface area (Å²) in [6, 6.07) is 0.